The van der Waals surface area contributed by atoms with Crippen LogP contribution in [0.3, 0.4) is 0 Å². The van der Waals surface area contributed by atoms with E-state index in [1.54, 1.807) is 11.3 Å². The van der Waals surface area contributed by atoms with E-state index in [1.807, 2.05) is 24.5 Å². The third-order valence-electron chi connectivity index (χ3n) is 5.59. The third-order valence-corrected chi connectivity index (χ3v) is 6.54. The average Bonchev–Trinajstić information content (AvgIpc) is 3.32. The maximum atomic E-state index is 10.2. The van der Waals surface area contributed by atoms with Gasteiger partial charge in [0.2, 0.25) is 0 Å². The van der Waals surface area contributed by atoms with E-state index >= 15 is 0 Å². The molecule has 2 N–H and O–H groups in total. The van der Waals surface area contributed by atoms with Crippen molar-refractivity contribution in [1.29, 1.82) is 5.26 Å². The van der Waals surface area contributed by atoms with Crippen molar-refractivity contribution in [3.05, 3.63) is 53.9 Å². The Labute approximate surface area is 172 Å². The number of imidazole rings is 1. The number of thiazole rings is 1. The number of aliphatic hydroxyl groups excluding tert-OH is 1. The van der Waals surface area contributed by atoms with Crippen LogP contribution in [0.1, 0.15) is 36.8 Å². The maximum Gasteiger partial charge on any atom is 0.184 e. The Morgan fingerprint density at radius 1 is 1.17 bits per heavy atom. The van der Waals surface area contributed by atoms with Gasteiger partial charge in [-0.15, -0.1) is 0 Å². The lowest BCUT2D eigenvalue weighted by atomic mass is 9.93. The van der Waals surface area contributed by atoms with Crippen molar-refractivity contribution in [2.75, 3.05) is 5.32 Å². The van der Waals surface area contributed by atoms with Crippen LogP contribution in [0.2, 0.25) is 0 Å². The normalized spacial score (nSPS) is 19.4. The first-order chi connectivity index (χ1) is 14.2. The van der Waals surface area contributed by atoms with Gasteiger partial charge >= 0.3 is 0 Å². The largest absolute Gasteiger partial charge is 0.391 e. The van der Waals surface area contributed by atoms with E-state index in [4.69, 9.17) is 10.2 Å². The summed E-state index contributed by atoms with van der Waals surface area (Å²) in [7, 11) is 0. The van der Waals surface area contributed by atoms with Crippen molar-refractivity contribution in [2.45, 2.75) is 44.4 Å². The first-order valence-electron chi connectivity index (χ1n) is 9.89. The molecule has 0 radical (unpaired) electrons. The smallest absolute Gasteiger partial charge is 0.184 e. The molecule has 6 nitrogen and oxygen atoms in total. The predicted octanol–water partition coefficient (Wildman–Crippen LogP) is 4.28. The number of hydrogen-bond donors (Lipinski definition) is 2. The van der Waals surface area contributed by atoms with Crippen molar-refractivity contribution < 1.29 is 5.11 Å². The highest BCUT2D eigenvalue weighted by Crippen LogP contribution is 2.30. The molecule has 0 amide bonds. The van der Waals surface area contributed by atoms with Crippen LogP contribution in [0.5, 0.6) is 0 Å². The number of aliphatic hydroxyl groups is 1. The van der Waals surface area contributed by atoms with Crippen molar-refractivity contribution in [2.24, 2.45) is 0 Å². The molecule has 0 aliphatic heterocycles. The standard InChI is InChI=1S/C22H21N5OS/c23-11-14-6-8-19-18(9-14)24-13-27(19)12-15-5-7-17-21(10-15)29-22(26-17)25-16-3-1-2-4-20(16)28/h5-10,13,16,20,28H,1-4,12H2,(H,25,26). The van der Waals surface area contributed by atoms with Crippen LogP contribution < -0.4 is 5.32 Å². The number of anilines is 1. The van der Waals surface area contributed by atoms with Gasteiger partial charge in [-0.2, -0.15) is 5.26 Å². The van der Waals surface area contributed by atoms with Gasteiger partial charge in [0, 0.05) is 6.54 Å². The van der Waals surface area contributed by atoms with E-state index in [0.717, 1.165) is 52.1 Å². The first kappa shape index (κ1) is 18.1. The van der Waals surface area contributed by atoms with E-state index in [1.165, 1.54) is 5.56 Å². The van der Waals surface area contributed by atoms with Crippen LogP contribution in [0.4, 0.5) is 5.13 Å². The number of nitrogens with one attached hydrogen (secondary N) is 1. The van der Waals surface area contributed by atoms with Gasteiger partial charge in [-0.25, -0.2) is 9.97 Å². The second-order valence-electron chi connectivity index (χ2n) is 7.61. The number of nitrogens with zero attached hydrogens (tertiary/aromatic N) is 4. The van der Waals surface area contributed by atoms with Gasteiger partial charge < -0.3 is 15.0 Å². The minimum absolute atomic E-state index is 0.0967. The number of benzene rings is 2. The van der Waals surface area contributed by atoms with Crippen LogP contribution in [-0.2, 0) is 6.54 Å². The van der Waals surface area contributed by atoms with Crippen LogP contribution in [0.25, 0.3) is 21.3 Å². The first-order valence-corrected chi connectivity index (χ1v) is 10.7. The summed E-state index contributed by atoms with van der Waals surface area (Å²) in [6, 6.07) is 14.2. The Balaban J connectivity index is 1.38. The molecule has 0 bridgehead atoms. The summed E-state index contributed by atoms with van der Waals surface area (Å²) < 4.78 is 3.22. The highest BCUT2D eigenvalue weighted by atomic mass is 32.1. The highest BCUT2D eigenvalue weighted by Gasteiger charge is 2.23. The van der Waals surface area contributed by atoms with Gasteiger partial charge in [0.15, 0.2) is 5.13 Å². The van der Waals surface area contributed by atoms with Gasteiger partial charge in [0.25, 0.3) is 0 Å². The minimum atomic E-state index is -0.289. The Bertz CT molecular complexity index is 1220. The van der Waals surface area contributed by atoms with Crippen molar-refractivity contribution in [3.8, 4) is 6.07 Å². The van der Waals surface area contributed by atoms with E-state index < -0.39 is 0 Å². The number of rotatable bonds is 4. The molecule has 1 saturated carbocycles. The molecule has 1 aliphatic carbocycles. The molecule has 0 spiro atoms. The lowest BCUT2D eigenvalue weighted by molar-refractivity contribution is 0.116. The molecule has 29 heavy (non-hydrogen) atoms. The summed E-state index contributed by atoms with van der Waals surface area (Å²) in [6.07, 6.45) is 5.63. The molecule has 2 heterocycles. The van der Waals surface area contributed by atoms with Gasteiger partial charge in [0.05, 0.1) is 51.4 Å². The fourth-order valence-electron chi connectivity index (χ4n) is 4.02. The van der Waals surface area contributed by atoms with Crippen molar-refractivity contribution in [1.82, 2.24) is 14.5 Å². The van der Waals surface area contributed by atoms with E-state index in [0.29, 0.717) is 12.1 Å². The zero-order chi connectivity index (χ0) is 19.8. The molecule has 2 aromatic carbocycles. The zero-order valence-corrected chi connectivity index (χ0v) is 16.7. The average molecular weight is 404 g/mol. The lowest BCUT2D eigenvalue weighted by Crippen LogP contribution is -2.36. The molecule has 1 aliphatic rings. The molecule has 5 rings (SSSR count). The predicted molar refractivity (Wildman–Crippen MR) is 115 cm³/mol. The summed E-state index contributed by atoms with van der Waals surface area (Å²) in [6.45, 7) is 0.709. The lowest BCUT2D eigenvalue weighted by Gasteiger charge is -2.27. The van der Waals surface area contributed by atoms with Gasteiger partial charge in [-0.3, -0.25) is 0 Å². The summed E-state index contributed by atoms with van der Waals surface area (Å²) in [5, 5.41) is 23.6. The summed E-state index contributed by atoms with van der Waals surface area (Å²) in [4.78, 5) is 9.13. The fourth-order valence-corrected chi connectivity index (χ4v) is 5.01. The van der Waals surface area contributed by atoms with Gasteiger partial charge in [0.1, 0.15) is 0 Å². The fraction of sp³-hybridized carbons (Fsp3) is 0.318. The Hall–Kier alpha value is -2.95. The quantitative estimate of drug-likeness (QED) is 0.531. The van der Waals surface area contributed by atoms with Crippen molar-refractivity contribution in [3.63, 3.8) is 0 Å². The highest BCUT2D eigenvalue weighted by molar-refractivity contribution is 7.22. The summed E-state index contributed by atoms with van der Waals surface area (Å²) in [5.41, 5.74) is 4.62. The Morgan fingerprint density at radius 2 is 2.07 bits per heavy atom. The summed E-state index contributed by atoms with van der Waals surface area (Å²) in [5.74, 6) is 0. The molecule has 4 aromatic rings. The number of hydrogen-bond acceptors (Lipinski definition) is 6. The van der Waals surface area contributed by atoms with E-state index in [-0.39, 0.29) is 12.1 Å². The molecule has 2 unspecified atom stereocenters. The second kappa shape index (κ2) is 7.47. The monoisotopic (exact) mass is 403 g/mol. The number of fused-ring (bicyclic) bond motifs is 2. The van der Waals surface area contributed by atoms with Crippen LogP contribution >= 0.6 is 11.3 Å². The molecule has 1 fully saturated rings. The van der Waals surface area contributed by atoms with E-state index in [2.05, 4.69) is 39.1 Å². The SMILES string of the molecule is N#Cc1ccc2c(c1)ncn2Cc1ccc2nc(NC3CCCCC3O)sc2c1. The Morgan fingerprint density at radius 3 is 2.93 bits per heavy atom. The molecule has 146 valence electrons. The maximum absolute atomic E-state index is 10.2. The summed E-state index contributed by atoms with van der Waals surface area (Å²) >= 11 is 1.63. The van der Waals surface area contributed by atoms with Crippen LogP contribution in [-0.4, -0.2) is 31.8 Å². The number of aromatic nitrogens is 3. The van der Waals surface area contributed by atoms with Crippen molar-refractivity contribution >= 4 is 37.7 Å². The molecule has 0 saturated heterocycles. The minimum Gasteiger partial charge on any atom is -0.391 e. The molecule has 2 aromatic heterocycles. The molecule has 2 atom stereocenters. The van der Waals surface area contributed by atoms with Crippen LogP contribution in [0, 0.1) is 11.3 Å². The topological polar surface area (TPSA) is 86.8 Å². The second-order valence-corrected chi connectivity index (χ2v) is 8.64. The molecular weight excluding hydrogens is 382 g/mol. The molecular formula is C22H21N5OS. The van der Waals surface area contributed by atoms with Gasteiger partial charge in [-0.05, 0) is 48.7 Å². The van der Waals surface area contributed by atoms with E-state index in [9.17, 15) is 5.11 Å². The Kier molecular flexibility index (Phi) is 4.66. The zero-order valence-electron chi connectivity index (χ0n) is 15.9. The number of nitriles is 1. The molecule has 7 heteroatoms. The third kappa shape index (κ3) is 3.57. The van der Waals surface area contributed by atoms with Crippen LogP contribution in [0.15, 0.2) is 42.7 Å². The van der Waals surface area contributed by atoms with Gasteiger partial charge in [-0.1, -0.05) is 30.2 Å².